The maximum Gasteiger partial charge on any atom is 0.0918 e. The summed E-state index contributed by atoms with van der Waals surface area (Å²) in [5.41, 5.74) is 0. The Labute approximate surface area is 150 Å². The van der Waals surface area contributed by atoms with Crippen LogP contribution in [-0.4, -0.2) is 15.7 Å². The summed E-state index contributed by atoms with van der Waals surface area (Å²) in [4.78, 5) is 3.64. The Morgan fingerprint density at radius 2 is 0.913 bits per heavy atom. The van der Waals surface area contributed by atoms with Crippen LogP contribution in [0, 0.1) is 0 Å². The average molecular weight is 342 g/mol. The van der Waals surface area contributed by atoms with Gasteiger partial charge in [0.05, 0.1) is 9.68 Å². The van der Waals surface area contributed by atoms with Gasteiger partial charge in [0.1, 0.15) is 0 Å². The summed E-state index contributed by atoms with van der Waals surface area (Å²) in [5, 5.41) is 0. The van der Waals surface area contributed by atoms with Gasteiger partial charge in [0.25, 0.3) is 0 Å². The molecular weight excluding hydrogens is 294 g/mol. The van der Waals surface area contributed by atoms with Gasteiger partial charge in [-0.1, -0.05) is 124 Å². The second-order valence-electron chi connectivity index (χ2n) is 7.77. The van der Waals surface area contributed by atoms with Gasteiger partial charge in [-0.3, -0.25) is 0 Å². The van der Waals surface area contributed by atoms with Crippen molar-refractivity contribution in [3.63, 3.8) is 0 Å². The van der Waals surface area contributed by atoms with E-state index >= 15 is 0 Å². The molecule has 0 fully saturated rings. The molecule has 0 radical (unpaired) electrons. The Hall–Kier alpha value is 0.177. The van der Waals surface area contributed by atoms with Gasteiger partial charge in [0, 0.05) is 0 Å². The van der Waals surface area contributed by atoms with E-state index in [4.69, 9.17) is 0 Å². The molecule has 0 aliphatic heterocycles. The first kappa shape index (κ1) is 23.2. The first-order chi connectivity index (χ1) is 11.3. The lowest BCUT2D eigenvalue weighted by Crippen LogP contribution is -2.26. The maximum atomic E-state index is 3.64. The van der Waals surface area contributed by atoms with Gasteiger partial charge < -0.3 is 4.98 Å². The third-order valence-corrected chi connectivity index (χ3v) is 6.79. The third kappa shape index (κ3) is 22.2. The summed E-state index contributed by atoms with van der Waals surface area (Å²) in [6, 6.07) is 2.21. The van der Waals surface area contributed by atoms with Gasteiger partial charge in [-0.2, -0.15) is 0 Å². The van der Waals surface area contributed by atoms with Crippen LogP contribution in [0.1, 0.15) is 124 Å². The van der Waals surface area contributed by atoms with Crippen molar-refractivity contribution in [1.82, 2.24) is 4.98 Å². The zero-order valence-corrected chi connectivity index (χ0v) is 18.2. The van der Waals surface area contributed by atoms with Crippen molar-refractivity contribution in [1.29, 1.82) is 0 Å². The largest absolute Gasteiger partial charge is 0.340 e. The fraction of sp³-hybridized carbons (Fsp3) is 1.00. The van der Waals surface area contributed by atoms with E-state index in [0.717, 1.165) is 0 Å². The lowest BCUT2D eigenvalue weighted by Gasteiger charge is -2.06. The quantitative estimate of drug-likeness (QED) is 0.202. The van der Waals surface area contributed by atoms with Crippen molar-refractivity contribution in [3.8, 4) is 0 Å². The molecule has 0 aromatic carbocycles. The highest BCUT2D eigenvalue weighted by atomic mass is 28.2. The predicted molar refractivity (Wildman–Crippen MR) is 111 cm³/mol. The van der Waals surface area contributed by atoms with Gasteiger partial charge in [0.2, 0.25) is 0 Å². The van der Waals surface area contributed by atoms with Crippen LogP contribution in [0.4, 0.5) is 0 Å². The van der Waals surface area contributed by atoms with Crippen molar-refractivity contribution in [3.05, 3.63) is 0 Å². The molecule has 0 amide bonds. The highest BCUT2D eigenvalue weighted by molar-refractivity contribution is 6.32. The Balaban J connectivity index is 2.95. The topological polar surface area (TPSA) is 12.0 Å². The highest BCUT2D eigenvalue weighted by Gasteiger charge is 1.95. The minimum absolute atomic E-state index is 0.0492. The fourth-order valence-corrected chi connectivity index (χ4v) is 4.63. The van der Waals surface area contributed by atoms with Gasteiger partial charge in [-0.25, -0.2) is 0 Å². The Morgan fingerprint density at radius 1 is 0.565 bits per heavy atom. The second-order valence-corrected chi connectivity index (χ2v) is 9.38. The first-order valence-corrected chi connectivity index (χ1v) is 12.7. The van der Waals surface area contributed by atoms with Crippen LogP contribution >= 0.6 is 0 Å². The molecule has 0 aliphatic rings. The summed E-state index contributed by atoms with van der Waals surface area (Å²) in [6.07, 6.45) is 23.6. The van der Waals surface area contributed by atoms with E-state index < -0.39 is 0 Å². The summed E-state index contributed by atoms with van der Waals surface area (Å²) in [6.45, 7) is 6.83. The van der Waals surface area contributed by atoms with Crippen LogP contribution in [0.2, 0.25) is 6.04 Å². The van der Waals surface area contributed by atoms with E-state index in [-0.39, 0.29) is 9.68 Å². The maximum absolute atomic E-state index is 3.64. The molecule has 140 valence electrons. The van der Waals surface area contributed by atoms with Gasteiger partial charge >= 0.3 is 0 Å². The van der Waals surface area contributed by atoms with E-state index in [1.165, 1.54) is 109 Å². The standard InChI is InChI=1S/C21H47NSi/c1-4-5-6-7-8-9-10-11-12-13-14-15-16-17-18-19-20-23-22-21(2)3/h21-22H,4-20,23H2,1-3H3. The molecule has 2 heteroatoms. The lowest BCUT2D eigenvalue weighted by atomic mass is 10.0. The SMILES string of the molecule is CCCCCCCCCCCCCCCCCC[SiH2]NC(C)C. The highest BCUT2D eigenvalue weighted by Crippen LogP contribution is 2.13. The minimum Gasteiger partial charge on any atom is -0.340 e. The molecule has 0 heterocycles. The van der Waals surface area contributed by atoms with Crippen molar-refractivity contribution >= 4 is 9.68 Å². The molecule has 0 unspecified atom stereocenters. The van der Waals surface area contributed by atoms with E-state index in [1.54, 1.807) is 0 Å². The van der Waals surface area contributed by atoms with E-state index in [9.17, 15) is 0 Å². The Morgan fingerprint density at radius 3 is 1.26 bits per heavy atom. The zero-order chi connectivity index (χ0) is 17.0. The minimum atomic E-state index is 0.0492. The summed E-state index contributed by atoms with van der Waals surface area (Å²) in [7, 11) is 0.0492. The van der Waals surface area contributed by atoms with Crippen LogP contribution < -0.4 is 4.98 Å². The molecule has 23 heavy (non-hydrogen) atoms. The molecule has 0 atom stereocenters. The van der Waals surface area contributed by atoms with Crippen LogP contribution in [0.15, 0.2) is 0 Å². The van der Waals surface area contributed by atoms with Crippen LogP contribution in [-0.2, 0) is 0 Å². The third-order valence-electron chi connectivity index (χ3n) is 4.83. The zero-order valence-electron chi connectivity index (χ0n) is 16.8. The molecule has 0 aliphatic carbocycles. The van der Waals surface area contributed by atoms with Crippen molar-refractivity contribution in [2.75, 3.05) is 0 Å². The second kappa shape index (κ2) is 20.2. The molecular formula is C21H47NSi. The lowest BCUT2D eigenvalue weighted by molar-refractivity contribution is 0.531. The van der Waals surface area contributed by atoms with Crippen molar-refractivity contribution in [2.24, 2.45) is 0 Å². The first-order valence-electron chi connectivity index (χ1n) is 11.0. The molecule has 0 saturated heterocycles. The Kier molecular flexibility index (Phi) is 20.4. The smallest absolute Gasteiger partial charge is 0.0918 e. The number of unbranched alkanes of at least 4 members (excludes halogenated alkanes) is 15. The average Bonchev–Trinajstić information content (AvgIpc) is 2.53. The molecule has 0 rings (SSSR count). The van der Waals surface area contributed by atoms with Crippen LogP contribution in [0.25, 0.3) is 0 Å². The summed E-state index contributed by atoms with van der Waals surface area (Å²) >= 11 is 0. The molecule has 0 bridgehead atoms. The fourth-order valence-electron chi connectivity index (χ4n) is 3.24. The monoisotopic (exact) mass is 341 g/mol. The molecule has 0 saturated carbocycles. The number of hydrogen-bond acceptors (Lipinski definition) is 1. The Bertz CT molecular complexity index is 206. The number of hydrogen-bond donors (Lipinski definition) is 1. The summed E-state index contributed by atoms with van der Waals surface area (Å²) < 4.78 is 0. The summed E-state index contributed by atoms with van der Waals surface area (Å²) in [5.74, 6) is 0. The van der Waals surface area contributed by atoms with E-state index in [1.807, 2.05) is 0 Å². The molecule has 1 N–H and O–H groups in total. The molecule has 0 aromatic heterocycles. The number of nitrogens with one attached hydrogen (secondary N) is 1. The van der Waals surface area contributed by atoms with Crippen molar-refractivity contribution < 1.29 is 0 Å². The molecule has 1 nitrogen and oxygen atoms in total. The molecule has 0 aromatic rings. The van der Waals surface area contributed by atoms with Crippen LogP contribution in [0.5, 0.6) is 0 Å². The van der Waals surface area contributed by atoms with Gasteiger partial charge in [0.15, 0.2) is 0 Å². The van der Waals surface area contributed by atoms with Gasteiger partial charge in [-0.15, -0.1) is 0 Å². The van der Waals surface area contributed by atoms with Gasteiger partial charge in [-0.05, 0) is 12.1 Å². The van der Waals surface area contributed by atoms with E-state index in [2.05, 4.69) is 25.8 Å². The van der Waals surface area contributed by atoms with Crippen molar-refractivity contribution in [2.45, 2.75) is 136 Å². The predicted octanol–water partition coefficient (Wildman–Crippen LogP) is 6.75. The molecule has 0 spiro atoms. The van der Waals surface area contributed by atoms with Crippen LogP contribution in [0.3, 0.4) is 0 Å². The van der Waals surface area contributed by atoms with E-state index in [0.29, 0.717) is 6.04 Å². The number of rotatable bonds is 19. The normalized spacial score (nSPS) is 12.0.